The van der Waals surface area contributed by atoms with Gasteiger partial charge in [0.15, 0.2) is 5.78 Å². The molecular formula is C26H31ClN2O3. The lowest BCUT2D eigenvalue weighted by molar-refractivity contribution is -0.143. The summed E-state index contributed by atoms with van der Waals surface area (Å²) >= 11 is 6.10. The third kappa shape index (κ3) is 5.51. The topological polar surface area (TPSA) is 60.9 Å². The highest BCUT2D eigenvalue weighted by Crippen LogP contribution is 2.32. The molecule has 1 aliphatic carbocycles. The quantitative estimate of drug-likeness (QED) is 0.580. The fourth-order valence-electron chi connectivity index (χ4n) is 5.01. The first-order chi connectivity index (χ1) is 15.5. The van der Waals surface area contributed by atoms with E-state index in [4.69, 9.17) is 11.6 Å². The highest BCUT2D eigenvalue weighted by atomic mass is 35.5. The van der Waals surface area contributed by atoms with Crippen LogP contribution in [0.25, 0.3) is 0 Å². The van der Waals surface area contributed by atoms with Crippen molar-refractivity contribution in [3.05, 3.63) is 64.7 Å². The third-order valence-electron chi connectivity index (χ3n) is 6.90. The minimum Gasteiger partial charge on any atom is -0.480 e. The standard InChI is InChI=1S/C26H31ClN2O3/c27-22-7-4-8-23(17-22)28-13-15-29(16-14-28)24(26(31)32)18-25(30)21-11-9-20(10-12-21)19-5-2-1-3-6-19/h4,7-12,17,19,24H,1-3,5-6,13-16,18H2,(H,31,32). The van der Waals surface area contributed by atoms with Crippen molar-refractivity contribution in [2.75, 3.05) is 31.1 Å². The fraction of sp³-hybridized carbons (Fsp3) is 0.462. The van der Waals surface area contributed by atoms with Crippen LogP contribution in [0.4, 0.5) is 5.69 Å². The molecule has 2 aromatic carbocycles. The van der Waals surface area contributed by atoms with E-state index < -0.39 is 12.0 Å². The van der Waals surface area contributed by atoms with Gasteiger partial charge in [-0.25, -0.2) is 0 Å². The summed E-state index contributed by atoms with van der Waals surface area (Å²) in [5.41, 5.74) is 2.94. The van der Waals surface area contributed by atoms with Crippen molar-refractivity contribution >= 4 is 29.0 Å². The number of hydrogen-bond donors (Lipinski definition) is 1. The maximum Gasteiger partial charge on any atom is 0.321 e. The van der Waals surface area contributed by atoms with Gasteiger partial charge in [0, 0.05) is 48.9 Å². The average Bonchev–Trinajstić information content (AvgIpc) is 2.83. The van der Waals surface area contributed by atoms with Gasteiger partial charge >= 0.3 is 5.97 Å². The number of rotatable bonds is 7. The molecule has 2 aromatic rings. The summed E-state index contributed by atoms with van der Waals surface area (Å²) in [4.78, 5) is 29.0. The van der Waals surface area contributed by atoms with Crippen LogP contribution < -0.4 is 4.90 Å². The maximum atomic E-state index is 12.9. The minimum absolute atomic E-state index is 0.00469. The molecule has 0 radical (unpaired) electrons. The van der Waals surface area contributed by atoms with Crippen molar-refractivity contribution in [3.63, 3.8) is 0 Å². The van der Waals surface area contributed by atoms with E-state index in [0.29, 0.717) is 42.7 Å². The van der Waals surface area contributed by atoms with E-state index in [1.54, 1.807) is 0 Å². The number of benzene rings is 2. The molecule has 1 aliphatic heterocycles. The zero-order chi connectivity index (χ0) is 22.5. The number of Topliss-reactive ketones (excluding diaryl/α,β-unsaturated/α-hetero) is 1. The van der Waals surface area contributed by atoms with Crippen molar-refractivity contribution in [3.8, 4) is 0 Å². The Hall–Kier alpha value is -2.37. The lowest BCUT2D eigenvalue weighted by Gasteiger charge is -2.38. The number of aliphatic carboxylic acids is 1. The van der Waals surface area contributed by atoms with Crippen molar-refractivity contribution in [1.82, 2.24) is 4.90 Å². The van der Waals surface area contributed by atoms with Gasteiger partial charge < -0.3 is 10.0 Å². The highest BCUT2D eigenvalue weighted by Gasteiger charge is 2.31. The van der Waals surface area contributed by atoms with Crippen molar-refractivity contribution in [2.45, 2.75) is 50.5 Å². The number of halogens is 1. The Morgan fingerprint density at radius 2 is 1.66 bits per heavy atom. The zero-order valence-electron chi connectivity index (χ0n) is 18.4. The van der Waals surface area contributed by atoms with Crippen LogP contribution in [0.15, 0.2) is 48.5 Å². The molecule has 1 N–H and O–H groups in total. The number of piperazine rings is 1. The molecule has 4 rings (SSSR count). The van der Waals surface area contributed by atoms with Gasteiger partial charge in [-0.15, -0.1) is 0 Å². The van der Waals surface area contributed by atoms with E-state index in [0.717, 1.165) is 5.69 Å². The summed E-state index contributed by atoms with van der Waals surface area (Å²) < 4.78 is 0. The normalized spacial score (nSPS) is 19.0. The smallest absolute Gasteiger partial charge is 0.321 e. The largest absolute Gasteiger partial charge is 0.480 e. The third-order valence-corrected chi connectivity index (χ3v) is 7.14. The lowest BCUT2D eigenvalue weighted by Crippen LogP contribution is -2.53. The first kappa shape index (κ1) is 22.8. The summed E-state index contributed by atoms with van der Waals surface area (Å²) in [5, 5.41) is 10.5. The molecule has 0 bridgehead atoms. The van der Waals surface area contributed by atoms with Gasteiger partial charge in [0.2, 0.25) is 0 Å². The van der Waals surface area contributed by atoms with E-state index in [1.807, 2.05) is 41.3 Å². The van der Waals surface area contributed by atoms with Gasteiger partial charge in [-0.1, -0.05) is 61.2 Å². The van der Waals surface area contributed by atoms with E-state index in [9.17, 15) is 14.7 Å². The molecule has 0 amide bonds. The van der Waals surface area contributed by atoms with Crippen LogP contribution in [0.5, 0.6) is 0 Å². The molecule has 170 valence electrons. The number of hydrogen-bond acceptors (Lipinski definition) is 4. The monoisotopic (exact) mass is 454 g/mol. The molecule has 2 aliphatic rings. The predicted molar refractivity (Wildman–Crippen MR) is 128 cm³/mol. The first-order valence-electron chi connectivity index (χ1n) is 11.6. The molecule has 1 atom stereocenters. The molecule has 1 unspecified atom stereocenters. The number of carbonyl (C=O) groups excluding carboxylic acids is 1. The van der Waals surface area contributed by atoms with Crippen LogP contribution in [0.3, 0.4) is 0 Å². The Morgan fingerprint density at radius 1 is 0.969 bits per heavy atom. The van der Waals surface area contributed by atoms with Crippen LogP contribution in [0.1, 0.15) is 60.4 Å². The Labute approximate surface area is 195 Å². The molecule has 1 saturated carbocycles. The Balaban J connectivity index is 1.36. The highest BCUT2D eigenvalue weighted by molar-refractivity contribution is 6.30. The molecular weight excluding hydrogens is 424 g/mol. The predicted octanol–water partition coefficient (Wildman–Crippen LogP) is 5.24. The first-order valence-corrected chi connectivity index (χ1v) is 12.0. The van der Waals surface area contributed by atoms with Crippen LogP contribution in [0.2, 0.25) is 5.02 Å². The molecule has 1 heterocycles. The second-order valence-corrected chi connectivity index (χ2v) is 9.38. The average molecular weight is 455 g/mol. The summed E-state index contributed by atoms with van der Waals surface area (Å²) in [7, 11) is 0. The van der Waals surface area contributed by atoms with E-state index in [2.05, 4.69) is 17.0 Å². The van der Waals surface area contributed by atoms with Crippen molar-refractivity contribution < 1.29 is 14.7 Å². The molecule has 5 nitrogen and oxygen atoms in total. The number of nitrogens with zero attached hydrogens (tertiary/aromatic N) is 2. The van der Waals surface area contributed by atoms with Gasteiger partial charge in [-0.2, -0.15) is 0 Å². The zero-order valence-corrected chi connectivity index (χ0v) is 19.1. The van der Waals surface area contributed by atoms with Gasteiger partial charge in [0.1, 0.15) is 6.04 Å². The van der Waals surface area contributed by atoms with Crippen LogP contribution in [-0.4, -0.2) is 54.0 Å². The van der Waals surface area contributed by atoms with Crippen LogP contribution >= 0.6 is 11.6 Å². The number of carboxylic acids is 1. The molecule has 1 saturated heterocycles. The number of anilines is 1. The minimum atomic E-state index is -0.937. The van der Waals surface area contributed by atoms with E-state index in [1.165, 1.54) is 37.7 Å². The Kier molecular flexibility index (Phi) is 7.48. The van der Waals surface area contributed by atoms with E-state index in [-0.39, 0.29) is 12.2 Å². The summed E-state index contributed by atoms with van der Waals surface area (Å²) in [5.74, 6) is -0.450. The second kappa shape index (κ2) is 10.5. The number of ketones is 1. The van der Waals surface area contributed by atoms with Gasteiger partial charge in [0.25, 0.3) is 0 Å². The fourth-order valence-corrected chi connectivity index (χ4v) is 5.19. The van der Waals surface area contributed by atoms with Gasteiger partial charge in [-0.05, 0) is 42.5 Å². The molecule has 2 fully saturated rings. The molecule has 0 spiro atoms. The number of carboxylic acid groups (broad SMARTS) is 1. The van der Waals surface area contributed by atoms with E-state index >= 15 is 0 Å². The summed E-state index contributed by atoms with van der Waals surface area (Å²) in [6, 6.07) is 14.8. The van der Waals surface area contributed by atoms with Crippen LogP contribution in [0, 0.1) is 0 Å². The molecule has 32 heavy (non-hydrogen) atoms. The second-order valence-electron chi connectivity index (χ2n) is 8.94. The van der Waals surface area contributed by atoms with Crippen molar-refractivity contribution in [2.24, 2.45) is 0 Å². The summed E-state index contributed by atoms with van der Waals surface area (Å²) in [6.45, 7) is 2.59. The number of carbonyl (C=O) groups is 2. The Morgan fingerprint density at radius 3 is 2.28 bits per heavy atom. The summed E-state index contributed by atoms with van der Waals surface area (Å²) in [6.07, 6.45) is 6.30. The van der Waals surface area contributed by atoms with Crippen LogP contribution in [-0.2, 0) is 4.79 Å². The maximum absolute atomic E-state index is 12.9. The molecule has 6 heteroatoms. The lowest BCUT2D eigenvalue weighted by atomic mass is 9.84. The van der Waals surface area contributed by atoms with Gasteiger partial charge in [-0.3, -0.25) is 14.5 Å². The SMILES string of the molecule is O=C(CC(C(=O)O)N1CCN(c2cccc(Cl)c2)CC1)c1ccc(C2CCCCC2)cc1. The van der Waals surface area contributed by atoms with Gasteiger partial charge in [0.05, 0.1) is 0 Å². The Bertz CT molecular complexity index is 932. The molecule has 0 aromatic heterocycles. The van der Waals surface area contributed by atoms with Crippen molar-refractivity contribution in [1.29, 1.82) is 0 Å².